The average Bonchev–Trinajstić information content (AvgIpc) is 1.55. The molecule has 2 nitrogen and oxygen atoms in total. The Bertz CT molecular complexity index is 4320. The van der Waals surface area contributed by atoms with Crippen LogP contribution in [0, 0.1) is 34.9 Å². The van der Waals surface area contributed by atoms with Gasteiger partial charge in [0.2, 0.25) is 0 Å². The zero-order chi connectivity index (χ0) is 58.8. The van der Waals surface area contributed by atoms with Gasteiger partial charge in [-0.3, -0.25) is 0 Å². The fourth-order valence-corrected chi connectivity index (χ4v) is 13.3. The highest BCUT2D eigenvalue weighted by atomic mass is 19.1. The summed E-state index contributed by atoms with van der Waals surface area (Å²) in [6.07, 6.45) is 3.56. The number of hydrogen-bond acceptors (Lipinski definition) is 2. The molecule has 8 heteroatoms. The lowest BCUT2D eigenvalue weighted by Crippen LogP contribution is -2.29. The van der Waals surface area contributed by atoms with Gasteiger partial charge in [-0.05, 0) is 186 Å². The molecule has 0 radical (unpaired) electrons. The van der Waals surface area contributed by atoms with Crippen molar-refractivity contribution in [2.24, 2.45) is 0 Å². The Morgan fingerprint density at radius 3 is 0.953 bits per heavy atom. The summed E-state index contributed by atoms with van der Waals surface area (Å²) in [5.74, 6) is -3.28. The summed E-state index contributed by atoms with van der Waals surface area (Å²) < 4.78 is 93.5. The molecule has 0 aromatic heterocycles. The van der Waals surface area contributed by atoms with Crippen molar-refractivity contribution in [2.45, 2.75) is 10.8 Å². The average molecular weight is 1130 g/mol. The number of anilines is 6. The van der Waals surface area contributed by atoms with Crippen LogP contribution < -0.4 is 9.80 Å². The minimum absolute atomic E-state index is 0.0131. The molecule has 0 heterocycles. The predicted octanol–water partition coefficient (Wildman–Crippen LogP) is 21.1. The molecule has 2 unspecified atom stereocenters. The Morgan fingerprint density at radius 2 is 0.593 bits per heavy atom. The smallest absolute Gasteiger partial charge is 0.147 e. The van der Waals surface area contributed by atoms with E-state index in [4.69, 9.17) is 0 Å². The van der Waals surface area contributed by atoms with Gasteiger partial charge in [-0.1, -0.05) is 183 Å². The number of fused-ring (bicyclic) bond motifs is 6. The van der Waals surface area contributed by atoms with Crippen LogP contribution in [0.25, 0.3) is 45.5 Å². The number of rotatable bonds is 13. The summed E-state index contributed by atoms with van der Waals surface area (Å²) in [7, 11) is 0. The van der Waals surface area contributed by atoms with Crippen LogP contribution in [-0.2, 0) is 10.8 Å². The standard InChI is InChI=1S/C78H50F6N2/c1-3-49-13-21-53(22-14-49)77(55-25-29-57(79)30-26-55)69-11-7-5-9-65(69)67-41-39-63(47-71(67)77)85(75-45-59(81)33-43-73(75)83)61-35-17-51(18-36-61)52-19-37-62(38-20-52)86(76-46-60(82)34-44-74(76)84)64-40-42-68-66-10-6-8-12-70(66)78(72(68)48-64,56-27-31-58(80)32-28-56)54-23-15-50(4-2)16-24-54/h3-48H,1-2H2. The van der Waals surface area contributed by atoms with Gasteiger partial charge in [-0.25, -0.2) is 26.3 Å². The van der Waals surface area contributed by atoms with Crippen LogP contribution in [0.5, 0.6) is 0 Å². The normalized spacial score (nSPS) is 15.3. The summed E-state index contributed by atoms with van der Waals surface area (Å²) in [6.45, 7) is 7.95. The molecular formula is C78H50F6N2. The maximum atomic E-state index is 16.5. The quantitative estimate of drug-likeness (QED) is 0.106. The maximum Gasteiger partial charge on any atom is 0.147 e. The molecular weight excluding hydrogens is 1080 g/mol. The van der Waals surface area contributed by atoms with Gasteiger partial charge in [-0.15, -0.1) is 0 Å². The lowest BCUT2D eigenvalue weighted by atomic mass is 9.67. The van der Waals surface area contributed by atoms with E-state index in [-0.39, 0.29) is 23.0 Å². The zero-order valence-electron chi connectivity index (χ0n) is 46.1. The van der Waals surface area contributed by atoms with Crippen molar-refractivity contribution in [2.75, 3.05) is 9.80 Å². The van der Waals surface area contributed by atoms with Gasteiger partial charge in [-0.2, -0.15) is 0 Å². The first-order valence-corrected chi connectivity index (χ1v) is 28.2. The van der Waals surface area contributed by atoms with Gasteiger partial charge in [0.1, 0.15) is 34.9 Å². The molecule has 12 aromatic rings. The van der Waals surface area contributed by atoms with E-state index in [0.29, 0.717) is 22.7 Å². The largest absolute Gasteiger partial charge is 0.308 e. The summed E-state index contributed by atoms with van der Waals surface area (Å²) in [4.78, 5) is 3.40. The molecule has 86 heavy (non-hydrogen) atoms. The highest BCUT2D eigenvalue weighted by Gasteiger charge is 2.48. The van der Waals surface area contributed by atoms with Gasteiger partial charge >= 0.3 is 0 Å². The lowest BCUT2D eigenvalue weighted by Gasteiger charge is -2.35. The fraction of sp³-hybridized carbons (Fsp3) is 0.0256. The van der Waals surface area contributed by atoms with Gasteiger partial charge < -0.3 is 9.80 Å². The van der Waals surface area contributed by atoms with Crippen molar-refractivity contribution in [3.8, 4) is 33.4 Å². The van der Waals surface area contributed by atoms with E-state index in [9.17, 15) is 8.78 Å². The number of benzene rings is 12. The summed E-state index contributed by atoms with van der Waals surface area (Å²) in [5.41, 5.74) is 14.7. The highest BCUT2D eigenvalue weighted by molar-refractivity contribution is 5.92. The van der Waals surface area contributed by atoms with Gasteiger partial charge in [0.05, 0.1) is 22.2 Å². The van der Waals surface area contributed by atoms with E-state index < -0.39 is 34.1 Å². The van der Waals surface area contributed by atoms with E-state index >= 15 is 17.6 Å². The van der Waals surface area contributed by atoms with Gasteiger partial charge in [0.15, 0.2) is 0 Å². The SMILES string of the molecule is C=Cc1ccc(C2(c3ccc(F)cc3)c3ccccc3-c3ccc(N(c4ccc(-c5ccc(N(c6ccc7c(c6)C(c6ccc(F)cc6)(c6ccc(C=C)cc6)c6ccccc6-7)c6cc(F)ccc6F)cc5)cc4)c4cc(F)ccc4F)cc32)cc1. The Morgan fingerprint density at radius 1 is 0.279 bits per heavy atom. The zero-order valence-corrected chi connectivity index (χ0v) is 46.1. The molecule has 0 N–H and O–H groups in total. The van der Waals surface area contributed by atoms with E-state index in [0.717, 1.165) is 113 Å². The highest BCUT2D eigenvalue weighted by Crippen LogP contribution is 2.59. The Kier molecular flexibility index (Phi) is 13.1. The van der Waals surface area contributed by atoms with Crippen LogP contribution in [0.15, 0.2) is 280 Å². The molecule has 0 saturated carbocycles. The van der Waals surface area contributed by atoms with Crippen LogP contribution in [-0.4, -0.2) is 0 Å². The lowest BCUT2D eigenvalue weighted by molar-refractivity contribution is 0.601. The molecule has 414 valence electrons. The summed E-state index contributed by atoms with van der Waals surface area (Å²) in [5, 5.41) is 0. The van der Waals surface area contributed by atoms with Crippen molar-refractivity contribution >= 4 is 46.3 Å². The molecule has 0 fully saturated rings. The molecule has 0 amide bonds. The monoisotopic (exact) mass is 1130 g/mol. The van der Waals surface area contributed by atoms with Gasteiger partial charge in [0, 0.05) is 34.9 Å². The van der Waals surface area contributed by atoms with E-state index in [1.807, 2.05) is 133 Å². The summed E-state index contributed by atoms with van der Waals surface area (Å²) in [6, 6.07) is 79.3. The Hall–Kier alpha value is -10.7. The van der Waals surface area contributed by atoms with Gasteiger partial charge in [0.25, 0.3) is 0 Å². The Labute approximate surface area is 494 Å². The molecule has 2 aliphatic rings. The topological polar surface area (TPSA) is 6.48 Å². The third kappa shape index (κ3) is 8.58. The number of hydrogen-bond donors (Lipinski definition) is 0. The molecule has 0 bridgehead atoms. The first-order chi connectivity index (χ1) is 42.0. The van der Waals surface area contributed by atoms with E-state index in [1.165, 1.54) is 36.4 Å². The van der Waals surface area contributed by atoms with Crippen LogP contribution in [0.3, 0.4) is 0 Å². The molecule has 0 aliphatic heterocycles. The molecule has 2 atom stereocenters. The first-order valence-electron chi connectivity index (χ1n) is 28.2. The second-order valence-corrected chi connectivity index (χ2v) is 21.7. The van der Waals surface area contributed by atoms with Crippen molar-refractivity contribution in [3.05, 3.63) is 371 Å². The Balaban J connectivity index is 0.875. The molecule has 14 rings (SSSR count). The second-order valence-electron chi connectivity index (χ2n) is 21.7. The molecule has 2 aliphatic carbocycles. The number of halogens is 6. The minimum atomic E-state index is -0.952. The van der Waals surface area contributed by atoms with Crippen LogP contribution in [0.2, 0.25) is 0 Å². The van der Waals surface area contributed by atoms with Crippen LogP contribution in [0.1, 0.15) is 55.6 Å². The van der Waals surface area contributed by atoms with Crippen LogP contribution >= 0.6 is 0 Å². The minimum Gasteiger partial charge on any atom is -0.308 e. The van der Waals surface area contributed by atoms with Crippen LogP contribution in [0.4, 0.5) is 60.5 Å². The second kappa shape index (κ2) is 21.2. The van der Waals surface area contributed by atoms with Crippen molar-refractivity contribution < 1.29 is 26.3 Å². The van der Waals surface area contributed by atoms with Crippen molar-refractivity contribution in [3.63, 3.8) is 0 Å². The van der Waals surface area contributed by atoms with E-state index in [1.54, 1.807) is 46.2 Å². The molecule has 0 spiro atoms. The fourth-order valence-electron chi connectivity index (χ4n) is 13.3. The van der Waals surface area contributed by atoms with E-state index in [2.05, 4.69) is 61.7 Å². The summed E-state index contributed by atoms with van der Waals surface area (Å²) >= 11 is 0. The number of nitrogens with zero attached hydrogens (tertiary/aromatic N) is 2. The third-order valence-electron chi connectivity index (χ3n) is 17.2. The maximum absolute atomic E-state index is 16.5. The molecule has 0 saturated heterocycles. The third-order valence-corrected chi connectivity index (χ3v) is 17.2. The molecule has 12 aromatic carbocycles. The first kappa shape index (κ1) is 53.3. The van der Waals surface area contributed by atoms with Crippen molar-refractivity contribution in [1.82, 2.24) is 0 Å². The predicted molar refractivity (Wildman–Crippen MR) is 336 cm³/mol. The van der Waals surface area contributed by atoms with Crippen molar-refractivity contribution in [1.29, 1.82) is 0 Å².